The summed E-state index contributed by atoms with van der Waals surface area (Å²) in [6.07, 6.45) is -4.01. The molecule has 0 fully saturated rings. The van der Waals surface area contributed by atoms with Crippen LogP contribution >= 0.6 is 0 Å². The van der Waals surface area contributed by atoms with Crippen molar-refractivity contribution in [2.45, 2.75) is 26.6 Å². The molecule has 0 spiro atoms. The van der Waals surface area contributed by atoms with Gasteiger partial charge in [0.15, 0.2) is 5.82 Å². The Balaban J connectivity index is 2.33. The van der Waals surface area contributed by atoms with Crippen LogP contribution in [-0.4, -0.2) is 16.3 Å². The van der Waals surface area contributed by atoms with E-state index in [-0.39, 0.29) is 5.75 Å². The van der Waals surface area contributed by atoms with Crippen molar-refractivity contribution >= 4 is 5.82 Å². The molecule has 112 valence electrons. The number of aryl methyl sites for hydroxylation is 1. The molecule has 0 aliphatic carbocycles. The van der Waals surface area contributed by atoms with Crippen molar-refractivity contribution in [1.29, 1.82) is 0 Å². The van der Waals surface area contributed by atoms with E-state index in [1.54, 1.807) is 0 Å². The maximum absolute atomic E-state index is 12.1. The quantitative estimate of drug-likeness (QED) is 0.942. The summed E-state index contributed by atoms with van der Waals surface area (Å²) in [5.41, 5.74) is 8.03. The van der Waals surface area contributed by atoms with Gasteiger partial charge in [-0.25, -0.2) is 9.97 Å². The van der Waals surface area contributed by atoms with Crippen molar-refractivity contribution < 1.29 is 17.9 Å². The third-order valence-electron chi connectivity index (χ3n) is 2.97. The van der Waals surface area contributed by atoms with Gasteiger partial charge in [0.2, 0.25) is 0 Å². The number of nitrogen functional groups attached to an aromatic ring is 1. The summed E-state index contributed by atoms with van der Waals surface area (Å²) in [5.74, 6) is 0.461. The van der Waals surface area contributed by atoms with Gasteiger partial charge in [-0.05, 0) is 37.6 Å². The van der Waals surface area contributed by atoms with Gasteiger partial charge in [0.05, 0.1) is 0 Å². The summed E-state index contributed by atoms with van der Waals surface area (Å²) in [6.45, 7) is 3.77. The highest BCUT2D eigenvalue weighted by Gasteiger charge is 2.31. The summed E-state index contributed by atoms with van der Waals surface area (Å²) in [6, 6.07) is 5.36. The molecule has 0 saturated carbocycles. The fourth-order valence-electron chi connectivity index (χ4n) is 1.86. The average Bonchev–Trinajstić information content (AvgIpc) is 2.41. The topological polar surface area (TPSA) is 61.0 Å². The number of rotatable bonds is 3. The van der Waals surface area contributed by atoms with Gasteiger partial charge in [-0.2, -0.15) is 0 Å². The van der Waals surface area contributed by atoms with Crippen LogP contribution in [0.15, 0.2) is 24.3 Å². The van der Waals surface area contributed by atoms with E-state index in [9.17, 15) is 13.2 Å². The fraction of sp³-hybridized carbons (Fsp3) is 0.286. The molecule has 7 heteroatoms. The lowest BCUT2D eigenvalue weighted by atomic mass is 10.1. The molecule has 0 unspecified atom stereocenters. The average molecular weight is 297 g/mol. The van der Waals surface area contributed by atoms with E-state index in [0.717, 1.165) is 11.3 Å². The van der Waals surface area contributed by atoms with E-state index in [2.05, 4.69) is 14.7 Å². The zero-order valence-corrected chi connectivity index (χ0v) is 11.5. The lowest BCUT2D eigenvalue weighted by Crippen LogP contribution is -2.16. The van der Waals surface area contributed by atoms with Gasteiger partial charge in [0.1, 0.15) is 11.6 Å². The second-order valence-electron chi connectivity index (χ2n) is 4.43. The van der Waals surface area contributed by atoms with Crippen molar-refractivity contribution in [2.24, 2.45) is 0 Å². The normalized spacial score (nSPS) is 11.5. The number of halogens is 3. The molecule has 0 saturated heterocycles. The Morgan fingerprint density at radius 3 is 2.29 bits per heavy atom. The van der Waals surface area contributed by atoms with Crippen molar-refractivity contribution in [2.75, 3.05) is 5.73 Å². The summed E-state index contributed by atoms with van der Waals surface area (Å²) in [5, 5.41) is 0. The number of aromatic nitrogens is 2. The molecule has 0 atom stereocenters. The van der Waals surface area contributed by atoms with E-state index in [1.807, 2.05) is 13.8 Å². The first kappa shape index (κ1) is 15.1. The van der Waals surface area contributed by atoms with E-state index in [0.29, 0.717) is 23.6 Å². The van der Waals surface area contributed by atoms with Gasteiger partial charge >= 0.3 is 6.36 Å². The number of nitrogens with zero attached hydrogens (tertiary/aromatic N) is 2. The second kappa shape index (κ2) is 5.59. The fourth-order valence-corrected chi connectivity index (χ4v) is 1.86. The number of benzene rings is 1. The molecule has 1 aromatic heterocycles. The Hall–Kier alpha value is -2.31. The molecule has 2 rings (SSSR count). The van der Waals surface area contributed by atoms with Crippen molar-refractivity contribution in [3.63, 3.8) is 0 Å². The molecule has 0 radical (unpaired) electrons. The number of anilines is 1. The van der Waals surface area contributed by atoms with Crippen LogP contribution in [-0.2, 0) is 6.42 Å². The summed E-state index contributed by atoms with van der Waals surface area (Å²) in [7, 11) is 0. The van der Waals surface area contributed by atoms with Gasteiger partial charge in [0, 0.05) is 16.8 Å². The van der Waals surface area contributed by atoms with Crippen molar-refractivity contribution in [1.82, 2.24) is 9.97 Å². The highest BCUT2D eigenvalue weighted by Crippen LogP contribution is 2.26. The van der Waals surface area contributed by atoms with Gasteiger partial charge in [-0.1, -0.05) is 6.92 Å². The Bertz CT molecular complexity index is 639. The molecule has 21 heavy (non-hydrogen) atoms. The first-order valence-electron chi connectivity index (χ1n) is 6.29. The summed E-state index contributed by atoms with van der Waals surface area (Å²) >= 11 is 0. The third-order valence-corrected chi connectivity index (χ3v) is 2.97. The van der Waals surface area contributed by atoms with Gasteiger partial charge in [-0.3, -0.25) is 0 Å². The van der Waals surface area contributed by atoms with Crippen LogP contribution in [0.4, 0.5) is 19.0 Å². The van der Waals surface area contributed by atoms with Crippen molar-refractivity contribution in [3.05, 3.63) is 35.5 Å². The Labute approximate surface area is 119 Å². The van der Waals surface area contributed by atoms with Gasteiger partial charge in [0.25, 0.3) is 0 Å². The van der Waals surface area contributed by atoms with Crippen LogP contribution in [0.2, 0.25) is 0 Å². The van der Waals surface area contributed by atoms with Crippen LogP contribution < -0.4 is 10.5 Å². The number of hydrogen-bond donors (Lipinski definition) is 1. The van der Waals surface area contributed by atoms with E-state index >= 15 is 0 Å². The van der Waals surface area contributed by atoms with Gasteiger partial charge in [-0.15, -0.1) is 13.2 Å². The molecule has 0 aliphatic heterocycles. The van der Waals surface area contributed by atoms with Gasteiger partial charge < -0.3 is 10.5 Å². The summed E-state index contributed by atoms with van der Waals surface area (Å²) < 4.78 is 40.1. The SMILES string of the molecule is CCc1nc(-c2ccc(OC(F)(F)F)cc2)nc(N)c1C. The monoisotopic (exact) mass is 297 g/mol. The smallest absolute Gasteiger partial charge is 0.406 e. The Morgan fingerprint density at radius 2 is 1.76 bits per heavy atom. The molecule has 2 aromatic rings. The highest BCUT2D eigenvalue weighted by atomic mass is 19.4. The Morgan fingerprint density at radius 1 is 1.14 bits per heavy atom. The van der Waals surface area contributed by atoms with E-state index < -0.39 is 6.36 Å². The van der Waals surface area contributed by atoms with Crippen LogP contribution in [0.1, 0.15) is 18.2 Å². The predicted molar refractivity (Wildman–Crippen MR) is 72.7 cm³/mol. The largest absolute Gasteiger partial charge is 0.573 e. The number of alkyl halides is 3. The lowest BCUT2D eigenvalue weighted by Gasteiger charge is -2.10. The minimum Gasteiger partial charge on any atom is -0.406 e. The van der Waals surface area contributed by atoms with Crippen LogP contribution in [0.5, 0.6) is 5.75 Å². The van der Waals surface area contributed by atoms with Crippen LogP contribution in [0.3, 0.4) is 0 Å². The third kappa shape index (κ3) is 3.62. The molecule has 4 nitrogen and oxygen atoms in total. The van der Waals surface area contributed by atoms with E-state index in [4.69, 9.17) is 5.73 Å². The Kier molecular flexibility index (Phi) is 4.02. The number of nitrogens with two attached hydrogens (primary N) is 1. The first-order valence-corrected chi connectivity index (χ1v) is 6.29. The number of ether oxygens (including phenoxy) is 1. The molecule has 1 aromatic carbocycles. The molecule has 1 heterocycles. The molecular weight excluding hydrogens is 283 g/mol. The van der Waals surface area contributed by atoms with Crippen LogP contribution in [0, 0.1) is 6.92 Å². The molecule has 0 aliphatic rings. The maximum atomic E-state index is 12.1. The standard InChI is InChI=1S/C14H14F3N3O/c1-3-11-8(2)12(18)20-13(19-11)9-4-6-10(7-5-9)21-14(15,16)17/h4-7H,3H2,1-2H3,(H2,18,19,20). The van der Waals surface area contributed by atoms with Crippen LogP contribution in [0.25, 0.3) is 11.4 Å². The first-order chi connectivity index (χ1) is 9.80. The second-order valence-corrected chi connectivity index (χ2v) is 4.43. The minimum absolute atomic E-state index is 0.290. The predicted octanol–water partition coefficient (Wildman–Crippen LogP) is 3.50. The van der Waals surface area contributed by atoms with E-state index in [1.165, 1.54) is 24.3 Å². The lowest BCUT2D eigenvalue weighted by molar-refractivity contribution is -0.274. The molecule has 0 amide bonds. The maximum Gasteiger partial charge on any atom is 0.573 e. The number of hydrogen-bond acceptors (Lipinski definition) is 4. The molecule has 2 N–H and O–H groups in total. The summed E-state index contributed by atoms with van der Waals surface area (Å²) in [4.78, 5) is 8.53. The molecular formula is C14H14F3N3O. The highest BCUT2D eigenvalue weighted by molar-refractivity contribution is 5.59. The molecule has 0 bridgehead atoms. The van der Waals surface area contributed by atoms with Crippen molar-refractivity contribution in [3.8, 4) is 17.1 Å². The minimum atomic E-state index is -4.71. The zero-order chi connectivity index (χ0) is 15.6. The zero-order valence-electron chi connectivity index (χ0n) is 11.5.